The van der Waals surface area contributed by atoms with Crippen molar-refractivity contribution < 1.29 is 19.0 Å². The van der Waals surface area contributed by atoms with E-state index in [0.717, 1.165) is 63.5 Å². The molecular formula is C33H35N3O4. The van der Waals surface area contributed by atoms with E-state index in [4.69, 9.17) is 14.2 Å². The number of aromatic amines is 1. The normalized spacial score (nSPS) is 18.7. The number of imidazole rings is 1. The Hall–Kier alpha value is -4.10. The highest BCUT2D eigenvalue weighted by Crippen LogP contribution is 2.31. The van der Waals surface area contributed by atoms with Crippen LogP contribution in [0.1, 0.15) is 29.8 Å². The third kappa shape index (κ3) is 6.05. The fourth-order valence-corrected chi connectivity index (χ4v) is 5.36. The molecule has 0 saturated carbocycles. The summed E-state index contributed by atoms with van der Waals surface area (Å²) in [4.78, 5) is 23.0. The lowest BCUT2D eigenvalue weighted by Gasteiger charge is -2.33. The minimum atomic E-state index is -0.135. The molecule has 1 aromatic heterocycles. The van der Waals surface area contributed by atoms with Crippen LogP contribution in [-0.2, 0) is 16.0 Å². The number of nitrogens with zero attached hydrogens (tertiary/aromatic N) is 2. The number of carbonyl (C=O) groups is 1. The molecule has 0 spiro atoms. The number of ether oxygens (including phenoxy) is 3. The van der Waals surface area contributed by atoms with Gasteiger partial charge in [-0.05, 0) is 73.4 Å². The summed E-state index contributed by atoms with van der Waals surface area (Å²) in [5.74, 6) is 2.77. The molecular weight excluding hydrogens is 502 g/mol. The fourth-order valence-electron chi connectivity index (χ4n) is 5.36. The summed E-state index contributed by atoms with van der Waals surface area (Å²) in [6.45, 7) is 6.67. The first kappa shape index (κ1) is 26.1. The number of morpholine rings is 1. The zero-order chi connectivity index (χ0) is 27.5. The molecule has 3 aromatic carbocycles. The van der Waals surface area contributed by atoms with Gasteiger partial charge in [-0.2, -0.15) is 0 Å². The summed E-state index contributed by atoms with van der Waals surface area (Å²) in [7, 11) is 0. The first-order valence-corrected chi connectivity index (χ1v) is 14.0. The van der Waals surface area contributed by atoms with Crippen molar-refractivity contribution >= 4 is 16.9 Å². The number of amides is 1. The van der Waals surface area contributed by atoms with E-state index in [2.05, 4.69) is 59.4 Å². The van der Waals surface area contributed by atoms with Crippen LogP contribution < -0.4 is 9.47 Å². The molecule has 1 atom stereocenters. The van der Waals surface area contributed by atoms with Gasteiger partial charge in [0.2, 0.25) is 5.91 Å². The third-order valence-corrected chi connectivity index (χ3v) is 7.61. The van der Waals surface area contributed by atoms with E-state index in [1.165, 1.54) is 5.56 Å². The molecule has 0 aliphatic carbocycles. The van der Waals surface area contributed by atoms with E-state index in [-0.39, 0.29) is 12.0 Å². The molecule has 7 nitrogen and oxygen atoms in total. The lowest BCUT2D eigenvalue weighted by atomic mass is 9.97. The standard InChI is InChI=1S/C33H35N3O4/c1-22-3-9-28(10-4-22)40-21-29-20-36(14-16-38-29)33(37)17-24-5-6-27-18-25(8-12-32(27)39-15-13-24)26-7-11-30-31(19-26)35-23(2)34-30/h3-5,7-12,18-19,29H,6,13-17,20-21H2,1-2H3,(H,34,35)/b24-5+. The van der Waals surface area contributed by atoms with Gasteiger partial charge in [-0.3, -0.25) is 4.79 Å². The number of H-pyrrole nitrogens is 1. The molecule has 7 heteroatoms. The van der Waals surface area contributed by atoms with Crippen molar-refractivity contribution in [3.05, 3.63) is 89.3 Å². The van der Waals surface area contributed by atoms with Gasteiger partial charge in [0, 0.05) is 19.4 Å². The third-order valence-electron chi connectivity index (χ3n) is 7.61. The molecule has 2 aliphatic heterocycles. The van der Waals surface area contributed by atoms with Crippen molar-refractivity contribution in [2.75, 3.05) is 32.9 Å². The molecule has 206 valence electrons. The smallest absolute Gasteiger partial charge is 0.226 e. The number of fused-ring (bicyclic) bond motifs is 2. The highest BCUT2D eigenvalue weighted by Gasteiger charge is 2.25. The van der Waals surface area contributed by atoms with E-state index in [1.807, 2.05) is 36.1 Å². The zero-order valence-electron chi connectivity index (χ0n) is 23.1. The number of rotatable bonds is 6. The largest absolute Gasteiger partial charge is 0.493 e. The number of benzene rings is 3. The van der Waals surface area contributed by atoms with Gasteiger partial charge >= 0.3 is 0 Å². The van der Waals surface area contributed by atoms with Gasteiger partial charge in [-0.15, -0.1) is 0 Å². The highest BCUT2D eigenvalue weighted by atomic mass is 16.5. The van der Waals surface area contributed by atoms with Gasteiger partial charge in [-0.1, -0.05) is 41.5 Å². The van der Waals surface area contributed by atoms with E-state index < -0.39 is 0 Å². The summed E-state index contributed by atoms with van der Waals surface area (Å²) < 4.78 is 17.9. The number of aromatic nitrogens is 2. The summed E-state index contributed by atoms with van der Waals surface area (Å²) >= 11 is 0. The van der Waals surface area contributed by atoms with Crippen molar-refractivity contribution in [1.29, 1.82) is 0 Å². The van der Waals surface area contributed by atoms with Crippen molar-refractivity contribution in [3.8, 4) is 22.6 Å². The number of carbonyl (C=O) groups excluding carboxylic acids is 1. The van der Waals surface area contributed by atoms with E-state index in [1.54, 1.807) is 0 Å². The first-order chi connectivity index (χ1) is 19.5. The summed E-state index contributed by atoms with van der Waals surface area (Å²) in [6.07, 6.45) is 3.95. The molecule has 4 aromatic rings. The molecule has 3 heterocycles. The van der Waals surface area contributed by atoms with Crippen LogP contribution in [0.25, 0.3) is 22.2 Å². The Morgan fingerprint density at radius 1 is 1.05 bits per heavy atom. The number of allylic oxidation sites excluding steroid dienone is 1. The van der Waals surface area contributed by atoms with E-state index in [9.17, 15) is 4.79 Å². The van der Waals surface area contributed by atoms with Gasteiger partial charge in [-0.25, -0.2) is 4.98 Å². The number of nitrogens with one attached hydrogen (secondary N) is 1. The summed E-state index contributed by atoms with van der Waals surface area (Å²) in [5, 5.41) is 0. The lowest BCUT2D eigenvalue weighted by Crippen LogP contribution is -2.47. The Balaban J connectivity index is 1.09. The van der Waals surface area contributed by atoms with Crippen LogP contribution in [0, 0.1) is 13.8 Å². The maximum atomic E-state index is 13.3. The monoisotopic (exact) mass is 537 g/mol. The van der Waals surface area contributed by atoms with Crippen LogP contribution in [0.3, 0.4) is 0 Å². The molecule has 0 radical (unpaired) electrons. The molecule has 2 aliphatic rings. The second-order valence-electron chi connectivity index (χ2n) is 10.7. The SMILES string of the molecule is Cc1ccc(OCC2CN(C(=O)C/C3=C/Cc4cc(-c5ccc6nc(C)[nH]c6c5)ccc4OCC3)CCO2)cc1. The quantitative estimate of drug-likeness (QED) is 0.315. The van der Waals surface area contributed by atoms with Crippen molar-refractivity contribution in [3.63, 3.8) is 0 Å². The Labute approximate surface area is 234 Å². The van der Waals surface area contributed by atoms with E-state index >= 15 is 0 Å². The predicted octanol–water partition coefficient (Wildman–Crippen LogP) is 5.79. The maximum absolute atomic E-state index is 13.3. The molecule has 6 rings (SSSR count). The van der Waals surface area contributed by atoms with Crippen LogP contribution >= 0.6 is 0 Å². The van der Waals surface area contributed by atoms with Gasteiger partial charge in [0.25, 0.3) is 0 Å². The molecule has 1 N–H and O–H groups in total. The molecule has 1 fully saturated rings. The van der Waals surface area contributed by atoms with Crippen LogP contribution in [0.15, 0.2) is 72.3 Å². The molecule has 1 amide bonds. The van der Waals surface area contributed by atoms with E-state index in [0.29, 0.717) is 39.3 Å². The van der Waals surface area contributed by atoms with Gasteiger partial charge in [0.1, 0.15) is 30.0 Å². The van der Waals surface area contributed by atoms with Gasteiger partial charge < -0.3 is 24.1 Å². The average Bonchev–Trinajstić information content (AvgIpc) is 3.34. The summed E-state index contributed by atoms with van der Waals surface area (Å²) in [5.41, 5.74) is 7.71. The average molecular weight is 538 g/mol. The molecule has 1 saturated heterocycles. The molecule has 1 unspecified atom stereocenters. The van der Waals surface area contributed by atoms with Crippen LogP contribution in [0.2, 0.25) is 0 Å². The predicted molar refractivity (Wildman–Crippen MR) is 156 cm³/mol. The first-order valence-electron chi connectivity index (χ1n) is 14.0. The Bertz CT molecular complexity index is 1540. The molecule has 40 heavy (non-hydrogen) atoms. The van der Waals surface area contributed by atoms with Crippen LogP contribution in [-0.4, -0.2) is 59.8 Å². The zero-order valence-corrected chi connectivity index (χ0v) is 23.1. The Morgan fingerprint density at radius 3 is 2.75 bits per heavy atom. The number of hydrogen-bond acceptors (Lipinski definition) is 5. The second-order valence-corrected chi connectivity index (χ2v) is 10.7. The number of aryl methyl sites for hydroxylation is 2. The lowest BCUT2D eigenvalue weighted by molar-refractivity contribution is -0.139. The van der Waals surface area contributed by atoms with Gasteiger partial charge in [0.05, 0.1) is 30.8 Å². The highest BCUT2D eigenvalue weighted by molar-refractivity contribution is 5.82. The van der Waals surface area contributed by atoms with Crippen molar-refractivity contribution in [1.82, 2.24) is 14.9 Å². The Morgan fingerprint density at radius 2 is 1.88 bits per heavy atom. The summed E-state index contributed by atoms with van der Waals surface area (Å²) in [6, 6.07) is 20.6. The second kappa shape index (κ2) is 11.6. The maximum Gasteiger partial charge on any atom is 0.226 e. The van der Waals surface area contributed by atoms with Crippen molar-refractivity contribution in [2.24, 2.45) is 0 Å². The topological polar surface area (TPSA) is 76.7 Å². The minimum Gasteiger partial charge on any atom is -0.493 e. The minimum absolute atomic E-state index is 0.132. The number of hydrogen-bond donors (Lipinski definition) is 1. The van der Waals surface area contributed by atoms with Crippen molar-refractivity contribution in [2.45, 2.75) is 39.2 Å². The Kier molecular flexibility index (Phi) is 7.55. The van der Waals surface area contributed by atoms with Gasteiger partial charge in [0.15, 0.2) is 0 Å². The fraction of sp³-hybridized carbons (Fsp3) is 0.333. The molecule has 0 bridgehead atoms. The van der Waals surface area contributed by atoms with Crippen LogP contribution in [0.4, 0.5) is 0 Å². The van der Waals surface area contributed by atoms with Crippen LogP contribution in [0.5, 0.6) is 11.5 Å².